The van der Waals surface area contributed by atoms with Crippen LogP contribution in [0.5, 0.6) is 0 Å². The van der Waals surface area contributed by atoms with Gasteiger partial charge in [-0.2, -0.15) is 9.78 Å². The maximum absolute atomic E-state index is 11.6. The third-order valence-corrected chi connectivity index (χ3v) is 2.25. The standard InChI is InChI=1S/C6H4N2O7/c9-2-1-8(4(11)7-2)3(10)5-6(12,13-5)15-14-5/h12H,1H2,(H,7,9,11). The van der Waals surface area contributed by atoms with Crippen LogP contribution in [0, 0.1) is 0 Å². The number of imide groups is 2. The second-order valence-corrected chi connectivity index (χ2v) is 3.21. The Bertz CT molecular complexity index is 408. The zero-order valence-electron chi connectivity index (χ0n) is 7.05. The minimum absolute atomic E-state index is 0.428. The highest BCUT2D eigenvalue weighted by molar-refractivity contribution is 6.12. The molecule has 0 aromatic carbocycles. The number of epoxide rings is 1. The summed E-state index contributed by atoms with van der Waals surface area (Å²) in [6.07, 6.45) is 0. The first-order valence-corrected chi connectivity index (χ1v) is 3.94. The van der Waals surface area contributed by atoms with E-state index in [2.05, 4.69) is 14.5 Å². The van der Waals surface area contributed by atoms with E-state index in [9.17, 15) is 19.5 Å². The minimum Gasteiger partial charge on any atom is -0.337 e. The molecule has 3 aliphatic rings. The van der Waals surface area contributed by atoms with Gasteiger partial charge in [0.05, 0.1) is 0 Å². The molecule has 3 saturated heterocycles. The van der Waals surface area contributed by atoms with Gasteiger partial charge in [-0.25, -0.2) is 9.69 Å². The number of nitrogens with zero attached hydrogens (tertiary/aromatic N) is 1. The fraction of sp³-hybridized carbons (Fsp3) is 0.500. The number of ether oxygens (including phenoxy) is 1. The first-order chi connectivity index (χ1) is 6.98. The lowest BCUT2D eigenvalue weighted by Gasteiger charge is -2.23. The molecular formula is C6H4N2O7. The lowest BCUT2D eigenvalue weighted by molar-refractivity contribution is -0.502. The second kappa shape index (κ2) is 2.17. The Kier molecular flexibility index (Phi) is 1.26. The molecule has 9 nitrogen and oxygen atoms in total. The van der Waals surface area contributed by atoms with Crippen LogP contribution in [0.25, 0.3) is 0 Å². The van der Waals surface area contributed by atoms with Crippen LogP contribution in [0.3, 0.4) is 0 Å². The van der Waals surface area contributed by atoms with Gasteiger partial charge in [-0.3, -0.25) is 19.6 Å². The quantitative estimate of drug-likeness (QED) is 0.280. The van der Waals surface area contributed by atoms with Crippen molar-refractivity contribution in [2.75, 3.05) is 6.54 Å². The van der Waals surface area contributed by atoms with Gasteiger partial charge in [0.1, 0.15) is 6.54 Å². The number of hydrogen-bond acceptors (Lipinski definition) is 7. The van der Waals surface area contributed by atoms with Gasteiger partial charge in [0.15, 0.2) is 0 Å². The molecule has 0 spiro atoms. The molecule has 3 rings (SSSR count). The Morgan fingerprint density at radius 3 is 2.53 bits per heavy atom. The van der Waals surface area contributed by atoms with Crippen molar-refractivity contribution in [3.8, 4) is 0 Å². The summed E-state index contributed by atoms with van der Waals surface area (Å²) in [5.74, 6) is -5.68. The summed E-state index contributed by atoms with van der Waals surface area (Å²) in [7, 11) is 0. The van der Waals surface area contributed by atoms with Crippen molar-refractivity contribution in [1.29, 1.82) is 0 Å². The van der Waals surface area contributed by atoms with Crippen LogP contribution >= 0.6 is 0 Å². The number of nitrogens with one attached hydrogen (secondary N) is 1. The molecule has 80 valence electrons. The Hall–Kier alpha value is -1.55. The van der Waals surface area contributed by atoms with Crippen molar-refractivity contribution >= 4 is 17.8 Å². The van der Waals surface area contributed by atoms with Crippen LogP contribution in [0.4, 0.5) is 4.79 Å². The number of rotatable bonds is 1. The largest absolute Gasteiger partial charge is 0.381 e. The first-order valence-electron chi connectivity index (χ1n) is 3.94. The predicted molar refractivity (Wildman–Crippen MR) is 36.2 cm³/mol. The Morgan fingerprint density at radius 1 is 1.47 bits per heavy atom. The van der Waals surface area contributed by atoms with Gasteiger partial charge in [-0.05, 0) is 0 Å². The molecule has 0 bridgehead atoms. The molecule has 0 aromatic heterocycles. The Morgan fingerprint density at radius 2 is 2.20 bits per heavy atom. The van der Waals surface area contributed by atoms with E-state index < -0.39 is 36.2 Å². The predicted octanol–water partition coefficient (Wildman–Crippen LogP) is -2.60. The average molecular weight is 216 g/mol. The molecule has 2 atom stereocenters. The van der Waals surface area contributed by atoms with Gasteiger partial charge in [0, 0.05) is 0 Å². The minimum atomic E-state index is -2.12. The number of fused-ring (bicyclic) bond motifs is 1. The maximum atomic E-state index is 11.6. The number of hydrogen-bond donors (Lipinski definition) is 2. The van der Waals surface area contributed by atoms with E-state index in [1.54, 1.807) is 0 Å². The molecule has 0 saturated carbocycles. The SMILES string of the molecule is O=C1CN(C(=O)C23OOC2(O)O3)C(=O)N1. The van der Waals surface area contributed by atoms with Crippen molar-refractivity contribution in [3.63, 3.8) is 0 Å². The Labute approximate surface area is 81.4 Å². The van der Waals surface area contributed by atoms with Crippen LogP contribution in [0.2, 0.25) is 0 Å². The topological polar surface area (TPSA) is 118 Å². The van der Waals surface area contributed by atoms with Gasteiger partial charge in [-0.15, -0.1) is 0 Å². The van der Waals surface area contributed by atoms with Gasteiger partial charge in [-0.1, -0.05) is 0 Å². The molecule has 3 fully saturated rings. The molecule has 15 heavy (non-hydrogen) atoms. The van der Waals surface area contributed by atoms with Gasteiger partial charge in [0.2, 0.25) is 5.91 Å². The summed E-state index contributed by atoms with van der Waals surface area (Å²) in [6.45, 7) is -0.428. The molecule has 0 aromatic rings. The zero-order valence-corrected chi connectivity index (χ0v) is 7.05. The van der Waals surface area contributed by atoms with Crippen molar-refractivity contribution < 1.29 is 34.0 Å². The lowest BCUT2D eigenvalue weighted by atomic mass is 10.3. The van der Waals surface area contributed by atoms with E-state index in [-0.39, 0.29) is 0 Å². The summed E-state index contributed by atoms with van der Waals surface area (Å²) in [6, 6.07) is -0.882. The fourth-order valence-electron chi connectivity index (χ4n) is 1.39. The van der Waals surface area contributed by atoms with E-state index in [1.807, 2.05) is 5.32 Å². The molecule has 9 heteroatoms. The average Bonchev–Trinajstić information content (AvgIpc) is 2.48. The van der Waals surface area contributed by atoms with E-state index in [1.165, 1.54) is 0 Å². The molecule has 0 radical (unpaired) electrons. The fourth-order valence-corrected chi connectivity index (χ4v) is 1.39. The highest BCUT2D eigenvalue weighted by atomic mass is 17.4. The van der Waals surface area contributed by atoms with Crippen LogP contribution in [-0.2, 0) is 24.1 Å². The van der Waals surface area contributed by atoms with E-state index in [4.69, 9.17) is 0 Å². The third kappa shape index (κ3) is 0.831. The van der Waals surface area contributed by atoms with Gasteiger partial charge < -0.3 is 5.11 Å². The molecule has 0 aliphatic carbocycles. The number of carbonyl (C=O) groups is 3. The van der Waals surface area contributed by atoms with E-state index >= 15 is 0 Å². The van der Waals surface area contributed by atoms with Crippen LogP contribution in [-0.4, -0.2) is 46.2 Å². The van der Waals surface area contributed by atoms with Gasteiger partial charge in [0.25, 0.3) is 0 Å². The normalized spacial score (nSPS) is 42.1. The summed E-state index contributed by atoms with van der Waals surface area (Å²) >= 11 is 0. The van der Waals surface area contributed by atoms with E-state index in [0.717, 1.165) is 0 Å². The van der Waals surface area contributed by atoms with Crippen LogP contribution in [0.1, 0.15) is 0 Å². The number of urea groups is 1. The van der Waals surface area contributed by atoms with Crippen molar-refractivity contribution in [1.82, 2.24) is 10.2 Å². The van der Waals surface area contributed by atoms with Crippen LogP contribution in [0.15, 0.2) is 0 Å². The molecule has 3 heterocycles. The zero-order chi connectivity index (χ0) is 10.8. The van der Waals surface area contributed by atoms with Crippen molar-refractivity contribution in [2.45, 2.75) is 11.8 Å². The summed E-state index contributed by atoms with van der Waals surface area (Å²) in [5, 5.41) is 11.1. The van der Waals surface area contributed by atoms with Crippen molar-refractivity contribution in [3.05, 3.63) is 0 Å². The highest BCUT2D eigenvalue weighted by Crippen LogP contribution is 2.58. The number of carbonyl (C=O) groups excluding carboxylic acids is 3. The smallest absolute Gasteiger partial charge is 0.337 e. The van der Waals surface area contributed by atoms with Crippen LogP contribution < -0.4 is 5.32 Å². The molecule has 4 amide bonds. The number of amides is 4. The molecule has 2 unspecified atom stereocenters. The van der Waals surface area contributed by atoms with E-state index in [0.29, 0.717) is 4.90 Å². The molecule has 2 N–H and O–H groups in total. The van der Waals surface area contributed by atoms with Crippen molar-refractivity contribution in [2.24, 2.45) is 0 Å². The summed E-state index contributed by atoms with van der Waals surface area (Å²) < 4.78 is 4.49. The monoisotopic (exact) mass is 216 g/mol. The van der Waals surface area contributed by atoms with Gasteiger partial charge >= 0.3 is 23.7 Å². The summed E-state index contributed by atoms with van der Waals surface area (Å²) in [4.78, 5) is 42.4. The highest BCUT2D eigenvalue weighted by Gasteiger charge is 2.90. The second-order valence-electron chi connectivity index (χ2n) is 3.21. The third-order valence-electron chi connectivity index (χ3n) is 2.25. The Balaban J connectivity index is 1.82. The molecular weight excluding hydrogens is 212 g/mol. The number of aliphatic hydroxyl groups is 1. The lowest BCUT2D eigenvalue weighted by Crippen LogP contribution is -2.55. The molecule has 3 aliphatic heterocycles. The summed E-state index contributed by atoms with van der Waals surface area (Å²) in [5.41, 5.74) is 0. The first kappa shape index (κ1) is 8.73. The maximum Gasteiger partial charge on any atom is 0.381 e.